The molecule has 0 unspecified atom stereocenters. The van der Waals surface area contributed by atoms with E-state index in [4.69, 9.17) is 21.1 Å². The molecule has 0 atom stereocenters. The van der Waals surface area contributed by atoms with Gasteiger partial charge < -0.3 is 14.8 Å². The zero-order valence-electron chi connectivity index (χ0n) is 12.8. The molecule has 24 heavy (non-hydrogen) atoms. The zero-order valence-corrected chi connectivity index (χ0v) is 13.5. The summed E-state index contributed by atoms with van der Waals surface area (Å²) in [6.45, 7) is -0.270. The molecule has 8 heteroatoms. The second-order valence-electron chi connectivity index (χ2n) is 5.02. The molecule has 2 aromatic rings. The van der Waals surface area contributed by atoms with E-state index in [9.17, 15) is 9.59 Å². The van der Waals surface area contributed by atoms with Crippen LogP contribution in [0.4, 0.5) is 11.4 Å². The van der Waals surface area contributed by atoms with Crippen molar-refractivity contribution in [2.45, 2.75) is 0 Å². The van der Waals surface area contributed by atoms with Gasteiger partial charge in [-0.05, 0) is 24.3 Å². The van der Waals surface area contributed by atoms with Crippen molar-refractivity contribution in [2.24, 2.45) is 0 Å². The molecule has 0 fully saturated rings. The van der Waals surface area contributed by atoms with E-state index in [1.807, 2.05) is 0 Å². The molecule has 2 amide bonds. The topological polar surface area (TPSA) is 80.8 Å². The van der Waals surface area contributed by atoms with E-state index in [1.165, 1.54) is 18.2 Å². The molecule has 0 spiro atoms. The highest BCUT2D eigenvalue weighted by molar-refractivity contribution is 6.31. The largest absolute Gasteiger partial charge is 0.482 e. The standard InChI is InChI=1S/C16H14ClN3O4/c1-23-15-5-3-11(7-18-15)19-14(21)8-20-12-6-10(17)2-4-13(12)24-9-16(20)22/h2-7H,8-9H2,1H3,(H,19,21). The van der Waals surface area contributed by atoms with Crippen LogP contribution in [0.5, 0.6) is 11.6 Å². The summed E-state index contributed by atoms with van der Waals surface area (Å²) in [4.78, 5) is 29.7. The van der Waals surface area contributed by atoms with Gasteiger partial charge in [-0.2, -0.15) is 0 Å². The first-order chi connectivity index (χ1) is 11.6. The van der Waals surface area contributed by atoms with Crippen LogP contribution in [-0.4, -0.2) is 37.1 Å². The Bertz CT molecular complexity index is 779. The number of nitrogens with zero attached hydrogens (tertiary/aromatic N) is 2. The summed E-state index contributed by atoms with van der Waals surface area (Å²) in [6, 6.07) is 8.22. The quantitative estimate of drug-likeness (QED) is 0.916. The predicted molar refractivity (Wildman–Crippen MR) is 88.7 cm³/mol. The second kappa shape index (κ2) is 6.76. The van der Waals surface area contributed by atoms with Crippen molar-refractivity contribution in [3.8, 4) is 11.6 Å². The summed E-state index contributed by atoms with van der Waals surface area (Å²) in [5.74, 6) is 0.286. The molecule has 0 radical (unpaired) electrons. The monoisotopic (exact) mass is 347 g/mol. The van der Waals surface area contributed by atoms with E-state index < -0.39 is 0 Å². The number of nitrogens with one attached hydrogen (secondary N) is 1. The lowest BCUT2D eigenvalue weighted by Crippen LogP contribution is -2.43. The Morgan fingerprint density at radius 1 is 1.42 bits per heavy atom. The lowest BCUT2D eigenvalue weighted by atomic mass is 10.2. The van der Waals surface area contributed by atoms with Crippen molar-refractivity contribution in [3.63, 3.8) is 0 Å². The van der Waals surface area contributed by atoms with Crippen LogP contribution in [0.25, 0.3) is 0 Å². The minimum atomic E-state index is -0.358. The Kier molecular flexibility index (Phi) is 4.52. The third-order valence-electron chi connectivity index (χ3n) is 3.39. The van der Waals surface area contributed by atoms with Gasteiger partial charge in [-0.15, -0.1) is 0 Å². The third-order valence-corrected chi connectivity index (χ3v) is 3.63. The van der Waals surface area contributed by atoms with Gasteiger partial charge in [0.25, 0.3) is 5.91 Å². The van der Waals surface area contributed by atoms with Crippen molar-refractivity contribution >= 4 is 34.8 Å². The molecule has 0 aliphatic carbocycles. The number of benzene rings is 1. The van der Waals surface area contributed by atoms with Crippen LogP contribution in [-0.2, 0) is 9.59 Å². The molecule has 1 aromatic carbocycles. The number of aromatic nitrogens is 1. The number of rotatable bonds is 4. The van der Waals surface area contributed by atoms with Gasteiger partial charge in [0.2, 0.25) is 11.8 Å². The maximum absolute atomic E-state index is 12.2. The summed E-state index contributed by atoms with van der Waals surface area (Å²) in [6.07, 6.45) is 1.47. The van der Waals surface area contributed by atoms with Gasteiger partial charge in [0.05, 0.1) is 24.7 Å². The molecule has 1 aromatic heterocycles. The number of hydrogen-bond donors (Lipinski definition) is 1. The van der Waals surface area contributed by atoms with Crippen molar-refractivity contribution < 1.29 is 19.1 Å². The minimum absolute atomic E-state index is 0.119. The molecule has 124 valence electrons. The number of pyridine rings is 1. The van der Waals surface area contributed by atoms with Crippen LogP contribution >= 0.6 is 11.6 Å². The van der Waals surface area contributed by atoms with Crippen LogP contribution in [0, 0.1) is 0 Å². The number of fused-ring (bicyclic) bond motifs is 1. The third kappa shape index (κ3) is 3.41. The molecule has 0 saturated carbocycles. The number of ether oxygens (including phenoxy) is 2. The molecule has 0 bridgehead atoms. The molecular formula is C16H14ClN3O4. The first-order valence-electron chi connectivity index (χ1n) is 7.09. The fourth-order valence-electron chi connectivity index (χ4n) is 2.27. The van der Waals surface area contributed by atoms with Gasteiger partial charge in [-0.25, -0.2) is 4.98 Å². The Morgan fingerprint density at radius 3 is 2.96 bits per heavy atom. The zero-order chi connectivity index (χ0) is 17.1. The Labute approximate surface area is 143 Å². The number of methoxy groups -OCH3 is 1. The fraction of sp³-hybridized carbons (Fsp3) is 0.188. The van der Waals surface area contributed by atoms with E-state index in [-0.39, 0.29) is 25.0 Å². The Hall–Kier alpha value is -2.80. The average Bonchev–Trinajstić information content (AvgIpc) is 2.58. The highest BCUT2D eigenvalue weighted by Crippen LogP contribution is 2.34. The smallest absolute Gasteiger partial charge is 0.265 e. The van der Waals surface area contributed by atoms with Crippen molar-refractivity contribution in [1.82, 2.24) is 4.98 Å². The van der Waals surface area contributed by atoms with Crippen molar-refractivity contribution in [1.29, 1.82) is 0 Å². The van der Waals surface area contributed by atoms with Gasteiger partial charge in [-0.1, -0.05) is 11.6 Å². The van der Waals surface area contributed by atoms with Gasteiger partial charge in [0.15, 0.2) is 6.61 Å². The molecule has 1 N–H and O–H groups in total. The van der Waals surface area contributed by atoms with Gasteiger partial charge in [0, 0.05) is 11.1 Å². The maximum Gasteiger partial charge on any atom is 0.265 e. The molecule has 1 aliphatic heterocycles. The molecule has 2 heterocycles. The molecular weight excluding hydrogens is 334 g/mol. The van der Waals surface area contributed by atoms with Crippen LogP contribution in [0.2, 0.25) is 5.02 Å². The van der Waals surface area contributed by atoms with Crippen molar-refractivity contribution in [3.05, 3.63) is 41.6 Å². The molecule has 3 rings (SSSR count). The van der Waals surface area contributed by atoms with E-state index in [0.717, 1.165) is 0 Å². The number of amides is 2. The first kappa shape index (κ1) is 16.1. The van der Waals surface area contributed by atoms with Crippen LogP contribution < -0.4 is 19.7 Å². The maximum atomic E-state index is 12.2. The fourth-order valence-corrected chi connectivity index (χ4v) is 2.43. The van der Waals surface area contributed by atoms with Crippen molar-refractivity contribution in [2.75, 3.05) is 30.5 Å². The number of hydrogen-bond acceptors (Lipinski definition) is 5. The average molecular weight is 348 g/mol. The molecule has 7 nitrogen and oxygen atoms in total. The highest BCUT2D eigenvalue weighted by Gasteiger charge is 2.27. The van der Waals surface area contributed by atoms with Gasteiger partial charge in [0.1, 0.15) is 12.3 Å². The van der Waals surface area contributed by atoms with Gasteiger partial charge in [-0.3, -0.25) is 14.5 Å². The number of halogens is 1. The number of anilines is 2. The van der Waals surface area contributed by atoms with E-state index in [1.54, 1.807) is 30.3 Å². The minimum Gasteiger partial charge on any atom is -0.482 e. The SMILES string of the molecule is COc1ccc(NC(=O)CN2C(=O)COc3ccc(Cl)cc32)cn1. The van der Waals surface area contributed by atoms with Crippen LogP contribution in [0.1, 0.15) is 0 Å². The molecule has 1 aliphatic rings. The van der Waals surface area contributed by atoms with E-state index in [0.29, 0.717) is 28.0 Å². The number of carbonyl (C=O) groups excluding carboxylic acids is 2. The van der Waals surface area contributed by atoms with Crippen LogP contribution in [0.3, 0.4) is 0 Å². The summed E-state index contributed by atoms with van der Waals surface area (Å²) in [5, 5.41) is 3.14. The van der Waals surface area contributed by atoms with Gasteiger partial charge >= 0.3 is 0 Å². The number of carbonyl (C=O) groups is 2. The summed E-state index contributed by atoms with van der Waals surface area (Å²) in [7, 11) is 1.51. The normalized spacial score (nSPS) is 13.1. The summed E-state index contributed by atoms with van der Waals surface area (Å²) in [5.41, 5.74) is 0.981. The summed E-state index contributed by atoms with van der Waals surface area (Å²) < 4.78 is 10.3. The Balaban J connectivity index is 1.74. The van der Waals surface area contributed by atoms with E-state index >= 15 is 0 Å². The van der Waals surface area contributed by atoms with E-state index in [2.05, 4.69) is 10.3 Å². The highest BCUT2D eigenvalue weighted by atomic mass is 35.5. The lowest BCUT2D eigenvalue weighted by Gasteiger charge is -2.28. The summed E-state index contributed by atoms with van der Waals surface area (Å²) >= 11 is 5.97. The van der Waals surface area contributed by atoms with Crippen LogP contribution in [0.15, 0.2) is 36.5 Å². The first-order valence-corrected chi connectivity index (χ1v) is 7.47. The Morgan fingerprint density at radius 2 is 2.25 bits per heavy atom. The lowest BCUT2D eigenvalue weighted by molar-refractivity contribution is -0.123. The second-order valence-corrected chi connectivity index (χ2v) is 5.45. The predicted octanol–water partition coefficient (Wildman–Crippen LogP) is 2.11. The molecule has 0 saturated heterocycles.